The maximum Gasteiger partial charge on any atom is 0.127 e. The van der Waals surface area contributed by atoms with Crippen molar-refractivity contribution in [3.63, 3.8) is 0 Å². The number of likely N-dealkylation sites (N-methyl/N-ethyl adjacent to an activating group) is 2. The molecule has 0 saturated carbocycles. The van der Waals surface area contributed by atoms with E-state index in [-0.39, 0.29) is 0 Å². The summed E-state index contributed by atoms with van der Waals surface area (Å²) in [5.74, 6) is 2.02. The number of halogens is 2. The lowest BCUT2D eigenvalue weighted by Crippen LogP contribution is -2.18. The van der Waals surface area contributed by atoms with Gasteiger partial charge in [0.1, 0.15) is 11.5 Å². The molecule has 4 aromatic rings. The Bertz CT molecular complexity index is 1150. The molecular weight excluding hydrogens is 580 g/mol. The van der Waals surface area contributed by atoms with Crippen LogP contribution < -0.4 is 15.4 Å². The number of hydrogen-bond donors (Lipinski definition) is 3. The predicted molar refractivity (Wildman–Crippen MR) is 156 cm³/mol. The van der Waals surface area contributed by atoms with Gasteiger partial charge in [-0.15, -0.1) is 0 Å². The van der Waals surface area contributed by atoms with Crippen molar-refractivity contribution in [2.75, 3.05) is 27.2 Å². The van der Waals surface area contributed by atoms with Crippen LogP contribution in [0.5, 0.6) is 11.5 Å². The molecule has 2 atom stereocenters. The lowest BCUT2D eigenvalue weighted by Gasteiger charge is -2.18. The summed E-state index contributed by atoms with van der Waals surface area (Å²) >= 11 is 6.83. The molecule has 0 spiro atoms. The Balaban J connectivity index is 0.000000253. The molecule has 2 unspecified atom stereocenters. The predicted octanol–water partition coefficient (Wildman–Crippen LogP) is 7.29. The van der Waals surface area contributed by atoms with Gasteiger partial charge >= 0.3 is 0 Å². The van der Waals surface area contributed by atoms with Crippen LogP contribution >= 0.6 is 31.9 Å². The van der Waals surface area contributed by atoms with Crippen LogP contribution in [0.3, 0.4) is 0 Å². The molecule has 36 heavy (non-hydrogen) atoms. The normalized spacial score (nSPS) is 12.2. The first-order valence-corrected chi connectivity index (χ1v) is 13.4. The number of benzene rings is 4. The first kappa shape index (κ1) is 28.1. The second-order valence-electron chi connectivity index (χ2n) is 8.27. The van der Waals surface area contributed by atoms with Crippen molar-refractivity contribution in [1.29, 1.82) is 0 Å². The van der Waals surface area contributed by atoms with Gasteiger partial charge in [0.2, 0.25) is 0 Å². The molecule has 188 valence electrons. The van der Waals surface area contributed by atoms with E-state index < -0.39 is 6.10 Å². The van der Waals surface area contributed by atoms with Crippen LogP contribution in [0.25, 0.3) is 0 Å². The fourth-order valence-corrected chi connectivity index (χ4v) is 4.24. The molecule has 0 radical (unpaired) electrons. The average Bonchev–Trinajstić information content (AvgIpc) is 2.90. The molecule has 4 rings (SSSR count). The minimum absolute atomic E-state index is 0.314. The summed E-state index contributed by atoms with van der Waals surface area (Å²) in [5.41, 5.74) is 3.50. The molecule has 0 heterocycles. The second kappa shape index (κ2) is 14.9. The van der Waals surface area contributed by atoms with Crippen LogP contribution in [0.1, 0.15) is 28.7 Å². The van der Waals surface area contributed by atoms with E-state index in [1.54, 1.807) is 0 Å². The molecule has 0 aliphatic rings. The lowest BCUT2D eigenvalue weighted by molar-refractivity contribution is 0.178. The van der Waals surface area contributed by atoms with Gasteiger partial charge in [0.15, 0.2) is 0 Å². The molecule has 0 bridgehead atoms. The topological polar surface area (TPSA) is 53.5 Å². The van der Waals surface area contributed by atoms with E-state index in [1.165, 1.54) is 11.1 Å². The summed E-state index contributed by atoms with van der Waals surface area (Å²) in [7, 11) is 3.81. The van der Waals surface area contributed by atoms with Gasteiger partial charge in [-0.1, -0.05) is 86.5 Å². The van der Waals surface area contributed by atoms with E-state index in [0.29, 0.717) is 12.5 Å². The third-order valence-electron chi connectivity index (χ3n) is 5.59. The second-order valence-corrected chi connectivity index (χ2v) is 10.1. The highest BCUT2D eigenvalue weighted by Gasteiger charge is 2.13. The summed E-state index contributed by atoms with van der Waals surface area (Å²) in [6.07, 6.45) is -0.414. The van der Waals surface area contributed by atoms with Gasteiger partial charge in [-0.3, -0.25) is 0 Å². The largest absolute Gasteiger partial charge is 0.457 e. The number of para-hydroxylation sites is 1. The van der Waals surface area contributed by atoms with Crippen LogP contribution in [0.4, 0.5) is 0 Å². The Morgan fingerprint density at radius 3 is 1.56 bits per heavy atom. The van der Waals surface area contributed by atoms with Crippen LogP contribution in [-0.4, -0.2) is 32.3 Å². The van der Waals surface area contributed by atoms with Crippen molar-refractivity contribution in [1.82, 2.24) is 10.6 Å². The van der Waals surface area contributed by atoms with Gasteiger partial charge in [-0.05, 0) is 79.3 Å². The van der Waals surface area contributed by atoms with Crippen molar-refractivity contribution < 1.29 is 9.84 Å². The van der Waals surface area contributed by atoms with Crippen molar-refractivity contribution in [3.8, 4) is 11.5 Å². The van der Waals surface area contributed by atoms with Crippen LogP contribution in [-0.2, 0) is 0 Å². The van der Waals surface area contributed by atoms with E-state index in [2.05, 4.69) is 78.9 Å². The molecule has 0 aromatic heterocycles. The fraction of sp³-hybridized carbons (Fsp3) is 0.200. The summed E-state index contributed by atoms with van der Waals surface area (Å²) < 4.78 is 8.00. The molecule has 4 nitrogen and oxygen atoms in total. The zero-order valence-electron chi connectivity index (χ0n) is 20.5. The molecule has 4 aromatic carbocycles. The number of hydrogen-bond acceptors (Lipinski definition) is 4. The molecule has 0 saturated heterocycles. The fourth-order valence-electron chi connectivity index (χ4n) is 3.72. The van der Waals surface area contributed by atoms with Gasteiger partial charge < -0.3 is 20.5 Å². The number of aliphatic hydroxyl groups excluding tert-OH is 1. The molecular formula is C30H32Br2N2O2. The van der Waals surface area contributed by atoms with Crippen molar-refractivity contribution in [2.45, 2.75) is 12.0 Å². The maximum absolute atomic E-state index is 9.53. The summed E-state index contributed by atoms with van der Waals surface area (Å²) in [6.45, 7) is 1.47. The number of aliphatic hydroxyl groups is 1. The Labute approximate surface area is 231 Å². The highest BCUT2D eigenvalue weighted by molar-refractivity contribution is 9.10. The maximum atomic E-state index is 9.53. The highest BCUT2D eigenvalue weighted by atomic mass is 79.9. The molecule has 6 heteroatoms. The first-order valence-electron chi connectivity index (χ1n) is 11.8. The average molecular weight is 612 g/mol. The monoisotopic (exact) mass is 610 g/mol. The van der Waals surface area contributed by atoms with E-state index in [0.717, 1.165) is 32.6 Å². The first-order chi connectivity index (χ1) is 17.5. The number of nitrogens with one attached hydrogen (secondary N) is 2. The standard InChI is InChI=1S/C21H20BrNO.C9H12BrNO/c1-23-15-21(16-7-11-18(22)12-8-16)17-9-13-20(14-10-17)24-19-5-3-2-4-6-19;1-11-6-9(12)7-2-4-8(10)5-3-7/h2-14,21,23H,15H2,1H3;2-5,9,11-12H,6H2,1H3. The molecule has 0 aliphatic carbocycles. The van der Waals surface area contributed by atoms with Gasteiger partial charge in [-0.2, -0.15) is 0 Å². The summed E-state index contributed by atoms with van der Waals surface area (Å²) in [6, 6.07) is 34.4. The van der Waals surface area contributed by atoms with E-state index >= 15 is 0 Å². The quantitative estimate of drug-likeness (QED) is 0.186. The Hall–Kier alpha value is -2.48. The number of ether oxygens (including phenoxy) is 1. The third kappa shape index (κ3) is 8.87. The highest BCUT2D eigenvalue weighted by Crippen LogP contribution is 2.28. The minimum atomic E-state index is -0.414. The van der Waals surface area contributed by atoms with Crippen molar-refractivity contribution in [3.05, 3.63) is 129 Å². The molecule has 0 amide bonds. The minimum Gasteiger partial charge on any atom is -0.457 e. The molecule has 3 N–H and O–H groups in total. The SMILES string of the molecule is CNCC(O)c1ccc(Br)cc1.CNCC(c1ccc(Br)cc1)c1ccc(Oc2ccccc2)cc1. The Kier molecular flexibility index (Phi) is 11.7. The lowest BCUT2D eigenvalue weighted by atomic mass is 9.91. The van der Waals surface area contributed by atoms with Gasteiger partial charge in [-0.25, -0.2) is 0 Å². The number of rotatable bonds is 9. The van der Waals surface area contributed by atoms with Crippen LogP contribution in [0.2, 0.25) is 0 Å². The van der Waals surface area contributed by atoms with E-state index in [9.17, 15) is 5.11 Å². The summed E-state index contributed by atoms with van der Waals surface area (Å²) in [5, 5.41) is 15.7. The van der Waals surface area contributed by atoms with Gasteiger partial charge in [0.25, 0.3) is 0 Å². The third-order valence-corrected chi connectivity index (χ3v) is 6.65. The van der Waals surface area contributed by atoms with Gasteiger partial charge in [0, 0.05) is 28.0 Å². The van der Waals surface area contributed by atoms with Crippen molar-refractivity contribution in [2.24, 2.45) is 0 Å². The van der Waals surface area contributed by atoms with Crippen LogP contribution in [0.15, 0.2) is 112 Å². The summed E-state index contributed by atoms with van der Waals surface area (Å²) in [4.78, 5) is 0. The van der Waals surface area contributed by atoms with Crippen molar-refractivity contribution >= 4 is 31.9 Å². The zero-order chi connectivity index (χ0) is 25.8. The van der Waals surface area contributed by atoms with E-state index in [1.807, 2.05) is 80.8 Å². The van der Waals surface area contributed by atoms with Crippen LogP contribution in [0, 0.1) is 0 Å². The smallest absolute Gasteiger partial charge is 0.127 e. The van der Waals surface area contributed by atoms with Gasteiger partial charge in [0.05, 0.1) is 6.10 Å². The molecule has 0 fully saturated rings. The Morgan fingerprint density at radius 1 is 0.611 bits per heavy atom. The van der Waals surface area contributed by atoms with E-state index in [4.69, 9.17) is 4.74 Å². The molecule has 0 aliphatic heterocycles. The Morgan fingerprint density at radius 2 is 1.06 bits per heavy atom. The zero-order valence-corrected chi connectivity index (χ0v) is 23.7.